The molecule has 120 valence electrons. The number of allylic oxidation sites excluding steroid dienone is 1. The second kappa shape index (κ2) is 6.44. The van der Waals surface area contributed by atoms with E-state index < -0.39 is 0 Å². The van der Waals surface area contributed by atoms with Crippen molar-refractivity contribution >= 4 is 5.69 Å². The number of anilines is 1. The molecule has 1 aromatic carbocycles. The quantitative estimate of drug-likeness (QED) is 0.940. The van der Waals surface area contributed by atoms with Crippen molar-refractivity contribution in [3.8, 4) is 11.4 Å². The van der Waals surface area contributed by atoms with E-state index in [9.17, 15) is 0 Å². The molecule has 1 aromatic heterocycles. The number of nitrogens with zero attached hydrogens (tertiary/aromatic N) is 3. The lowest BCUT2D eigenvalue weighted by molar-refractivity contribution is 0.135. The summed E-state index contributed by atoms with van der Waals surface area (Å²) in [6.45, 7) is 1.87. The Bertz CT molecular complexity index is 690. The van der Waals surface area contributed by atoms with Gasteiger partial charge in [-0.1, -0.05) is 0 Å². The summed E-state index contributed by atoms with van der Waals surface area (Å²) >= 11 is 0. The second-order valence-electron chi connectivity index (χ2n) is 6.21. The van der Waals surface area contributed by atoms with Gasteiger partial charge in [-0.2, -0.15) is 0 Å². The molecule has 0 aliphatic carbocycles. The van der Waals surface area contributed by atoms with Crippen LogP contribution in [-0.2, 0) is 17.7 Å². The van der Waals surface area contributed by atoms with Crippen molar-refractivity contribution < 1.29 is 4.74 Å². The summed E-state index contributed by atoms with van der Waals surface area (Å²) in [6.07, 6.45) is 9.81. The van der Waals surface area contributed by atoms with Crippen LogP contribution in [0.1, 0.15) is 31.5 Å². The number of benzene rings is 1. The Morgan fingerprint density at radius 1 is 1.17 bits per heavy atom. The lowest BCUT2D eigenvalue weighted by atomic mass is 10.1. The van der Waals surface area contributed by atoms with Gasteiger partial charge in [0.05, 0.1) is 12.8 Å². The van der Waals surface area contributed by atoms with E-state index in [0.29, 0.717) is 0 Å². The number of hydrogen-bond acceptors (Lipinski definition) is 4. The van der Waals surface area contributed by atoms with Gasteiger partial charge in [-0.25, -0.2) is 0 Å². The number of ether oxygens (including phenoxy) is 1. The van der Waals surface area contributed by atoms with Crippen molar-refractivity contribution in [1.29, 1.82) is 0 Å². The summed E-state index contributed by atoms with van der Waals surface area (Å²) in [6, 6.07) is 8.46. The van der Waals surface area contributed by atoms with E-state index in [1.807, 2.05) is 6.26 Å². The maximum atomic E-state index is 5.58. The standard InChI is InChI=1S/C18H22N4O/c1-3-11-22-17(6-1)20-21-18(22)14-7-9-15(10-8-14)19-13-16-5-2-4-12-23-16/h4,7-10,12,16,19H,1-3,5-6,11,13H2. The van der Waals surface area contributed by atoms with Crippen LogP contribution in [0, 0.1) is 0 Å². The number of rotatable bonds is 4. The third-order valence-electron chi connectivity index (χ3n) is 4.56. The van der Waals surface area contributed by atoms with Crippen molar-refractivity contribution in [2.45, 2.75) is 44.8 Å². The molecule has 1 unspecified atom stereocenters. The minimum atomic E-state index is 0.267. The van der Waals surface area contributed by atoms with Crippen LogP contribution in [0.2, 0.25) is 0 Å². The summed E-state index contributed by atoms with van der Waals surface area (Å²) in [5.41, 5.74) is 2.25. The topological polar surface area (TPSA) is 52.0 Å². The normalized spacial score (nSPS) is 19.9. The fraction of sp³-hybridized carbons (Fsp3) is 0.444. The average molecular weight is 310 g/mol. The van der Waals surface area contributed by atoms with Crippen LogP contribution in [0.15, 0.2) is 36.6 Å². The molecule has 5 nitrogen and oxygen atoms in total. The fourth-order valence-electron chi connectivity index (χ4n) is 3.23. The van der Waals surface area contributed by atoms with E-state index in [1.165, 1.54) is 12.8 Å². The van der Waals surface area contributed by atoms with Crippen molar-refractivity contribution in [2.24, 2.45) is 0 Å². The summed E-state index contributed by atoms with van der Waals surface area (Å²) in [7, 11) is 0. The summed E-state index contributed by atoms with van der Waals surface area (Å²) in [5, 5.41) is 12.2. The lowest BCUT2D eigenvalue weighted by Gasteiger charge is -2.20. The molecule has 0 amide bonds. The molecule has 0 saturated carbocycles. The van der Waals surface area contributed by atoms with E-state index in [0.717, 1.165) is 55.3 Å². The van der Waals surface area contributed by atoms with Gasteiger partial charge in [0, 0.05) is 24.2 Å². The smallest absolute Gasteiger partial charge is 0.163 e. The molecule has 0 saturated heterocycles. The van der Waals surface area contributed by atoms with E-state index in [1.54, 1.807) is 0 Å². The molecule has 2 aliphatic rings. The zero-order valence-corrected chi connectivity index (χ0v) is 13.2. The molecule has 23 heavy (non-hydrogen) atoms. The monoisotopic (exact) mass is 310 g/mol. The highest BCUT2D eigenvalue weighted by Gasteiger charge is 2.17. The highest BCUT2D eigenvalue weighted by Crippen LogP contribution is 2.24. The number of aryl methyl sites for hydroxylation is 1. The van der Waals surface area contributed by atoms with Crippen molar-refractivity contribution in [1.82, 2.24) is 14.8 Å². The van der Waals surface area contributed by atoms with Gasteiger partial charge in [-0.15, -0.1) is 10.2 Å². The van der Waals surface area contributed by atoms with Crippen LogP contribution < -0.4 is 5.32 Å². The number of hydrogen-bond donors (Lipinski definition) is 1. The van der Waals surface area contributed by atoms with Crippen LogP contribution in [0.4, 0.5) is 5.69 Å². The van der Waals surface area contributed by atoms with Crippen LogP contribution in [0.5, 0.6) is 0 Å². The fourth-order valence-corrected chi connectivity index (χ4v) is 3.23. The van der Waals surface area contributed by atoms with Crippen molar-refractivity contribution in [3.05, 3.63) is 42.4 Å². The van der Waals surface area contributed by atoms with E-state index in [4.69, 9.17) is 4.74 Å². The molecule has 3 heterocycles. The molecule has 0 fully saturated rings. The van der Waals surface area contributed by atoms with Crippen LogP contribution >= 0.6 is 0 Å². The summed E-state index contributed by atoms with van der Waals surface area (Å²) in [5.74, 6) is 2.11. The van der Waals surface area contributed by atoms with Gasteiger partial charge in [0.15, 0.2) is 5.82 Å². The van der Waals surface area contributed by atoms with Crippen LogP contribution in [0.25, 0.3) is 11.4 Å². The second-order valence-corrected chi connectivity index (χ2v) is 6.21. The van der Waals surface area contributed by atoms with Crippen molar-refractivity contribution in [2.75, 3.05) is 11.9 Å². The van der Waals surface area contributed by atoms with Gasteiger partial charge in [-0.3, -0.25) is 0 Å². The van der Waals surface area contributed by atoms with Gasteiger partial charge in [-0.05, 0) is 56.0 Å². The largest absolute Gasteiger partial charge is 0.497 e. The molecular formula is C18H22N4O. The number of aromatic nitrogens is 3. The highest BCUT2D eigenvalue weighted by atomic mass is 16.5. The molecular weight excluding hydrogens is 288 g/mol. The third-order valence-corrected chi connectivity index (χ3v) is 4.56. The van der Waals surface area contributed by atoms with Crippen LogP contribution in [0.3, 0.4) is 0 Å². The summed E-state index contributed by atoms with van der Waals surface area (Å²) in [4.78, 5) is 0. The summed E-state index contributed by atoms with van der Waals surface area (Å²) < 4.78 is 7.84. The molecule has 1 N–H and O–H groups in total. The molecule has 5 heteroatoms. The predicted molar refractivity (Wildman–Crippen MR) is 90.1 cm³/mol. The van der Waals surface area contributed by atoms with Gasteiger partial charge < -0.3 is 14.6 Å². The van der Waals surface area contributed by atoms with Gasteiger partial charge >= 0.3 is 0 Å². The van der Waals surface area contributed by atoms with Gasteiger partial charge in [0.25, 0.3) is 0 Å². The zero-order valence-electron chi connectivity index (χ0n) is 13.2. The number of fused-ring (bicyclic) bond motifs is 1. The average Bonchev–Trinajstić information content (AvgIpc) is 3.05. The number of nitrogens with one attached hydrogen (secondary N) is 1. The Hall–Kier alpha value is -2.30. The Labute approximate surface area is 136 Å². The third kappa shape index (κ3) is 3.09. The van der Waals surface area contributed by atoms with Crippen molar-refractivity contribution in [3.63, 3.8) is 0 Å². The maximum Gasteiger partial charge on any atom is 0.163 e. The maximum absolute atomic E-state index is 5.58. The van der Waals surface area contributed by atoms with Gasteiger partial charge in [0.1, 0.15) is 11.9 Å². The highest BCUT2D eigenvalue weighted by molar-refractivity contribution is 5.60. The molecule has 2 aromatic rings. The Morgan fingerprint density at radius 2 is 2.09 bits per heavy atom. The van der Waals surface area contributed by atoms with Crippen LogP contribution in [-0.4, -0.2) is 27.4 Å². The zero-order chi connectivity index (χ0) is 15.5. The minimum Gasteiger partial charge on any atom is -0.497 e. The molecule has 4 rings (SSSR count). The first-order chi connectivity index (χ1) is 11.4. The Morgan fingerprint density at radius 3 is 2.91 bits per heavy atom. The first-order valence-corrected chi connectivity index (χ1v) is 8.47. The predicted octanol–water partition coefficient (Wildman–Crippen LogP) is 3.39. The SMILES string of the molecule is C1=COC(CNc2ccc(-c3nnc4n3CCCC4)cc2)CC1. The lowest BCUT2D eigenvalue weighted by Crippen LogP contribution is -2.22. The first-order valence-electron chi connectivity index (χ1n) is 8.47. The Balaban J connectivity index is 1.43. The Kier molecular flexibility index (Phi) is 4.01. The molecule has 0 bridgehead atoms. The van der Waals surface area contributed by atoms with Gasteiger partial charge in [0.2, 0.25) is 0 Å². The minimum absolute atomic E-state index is 0.267. The van der Waals surface area contributed by atoms with E-state index >= 15 is 0 Å². The van der Waals surface area contributed by atoms with E-state index in [2.05, 4.69) is 50.4 Å². The first kappa shape index (κ1) is 14.3. The molecule has 2 aliphatic heterocycles. The molecule has 0 spiro atoms. The van der Waals surface area contributed by atoms with E-state index in [-0.39, 0.29) is 6.10 Å². The molecule has 1 atom stereocenters. The molecule has 0 radical (unpaired) electrons.